The Balaban J connectivity index is 1.49. The van der Waals surface area contributed by atoms with Crippen LogP contribution in [0.5, 0.6) is 5.75 Å². The molecule has 2 fully saturated rings. The zero-order valence-electron chi connectivity index (χ0n) is 12.9. The molecule has 1 aromatic carbocycles. The summed E-state index contributed by atoms with van der Waals surface area (Å²) in [6.07, 6.45) is 9.33. The number of benzene rings is 1. The van der Waals surface area contributed by atoms with Gasteiger partial charge in [0.05, 0.1) is 6.10 Å². The fourth-order valence-electron chi connectivity index (χ4n) is 2.99. The Morgan fingerprint density at radius 3 is 2.64 bits per heavy atom. The lowest BCUT2D eigenvalue weighted by Crippen LogP contribution is -2.27. The second-order valence-corrected chi connectivity index (χ2v) is 6.85. The molecule has 0 atom stereocenters. The zero-order chi connectivity index (χ0) is 15.4. The highest BCUT2D eigenvalue weighted by Crippen LogP contribution is 2.29. The lowest BCUT2D eigenvalue weighted by atomic mass is 9.98. The van der Waals surface area contributed by atoms with Crippen LogP contribution < -0.4 is 10.1 Å². The monoisotopic (exact) mass is 321 g/mol. The lowest BCUT2D eigenvalue weighted by Gasteiger charge is -2.23. The first-order valence-electron chi connectivity index (χ1n) is 8.45. The van der Waals surface area contributed by atoms with Crippen molar-refractivity contribution < 1.29 is 9.53 Å². The Hall–Kier alpha value is -1.22. The van der Waals surface area contributed by atoms with E-state index in [0.29, 0.717) is 12.6 Å². The minimum Gasteiger partial charge on any atom is -0.490 e. The van der Waals surface area contributed by atoms with Gasteiger partial charge in [-0.05, 0) is 62.6 Å². The molecule has 1 N–H and O–H groups in total. The Morgan fingerprint density at radius 1 is 1.18 bits per heavy atom. The van der Waals surface area contributed by atoms with Crippen LogP contribution in [-0.2, 0) is 11.2 Å². The van der Waals surface area contributed by atoms with Crippen LogP contribution in [0.2, 0.25) is 5.02 Å². The van der Waals surface area contributed by atoms with E-state index in [1.54, 1.807) is 0 Å². The van der Waals surface area contributed by atoms with Gasteiger partial charge in [0.1, 0.15) is 5.75 Å². The largest absolute Gasteiger partial charge is 0.490 e. The number of amides is 1. The van der Waals surface area contributed by atoms with E-state index in [9.17, 15) is 4.79 Å². The van der Waals surface area contributed by atoms with Crippen molar-refractivity contribution in [2.24, 2.45) is 5.92 Å². The summed E-state index contributed by atoms with van der Waals surface area (Å²) in [6, 6.07) is 5.93. The number of rotatable bonds is 6. The zero-order valence-corrected chi connectivity index (χ0v) is 13.7. The summed E-state index contributed by atoms with van der Waals surface area (Å²) in [4.78, 5) is 11.6. The van der Waals surface area contributed by atoms with E-state index in [1.165, 1.54) is 19.3 Å². The predicted octanol–water partition coefficient (Wildman–Crippen LogP) is 4.12. The molecular weight excluding hydrogens is 298 g/mol. The van der Waals surface area contributed by atoms with Crippen LogP contribution in [0, 0.1) is 5.92 Å². The second-order valence-electron chi connectivity index (χ2n) is 6.45. The molecule has 120 valence electrons. The van der Waals surface area contributed by atoms with Crippen LogP contribution in [-0.4, -0.2) is 18.6 Å². The third kappa shape index (κ3) is 4.39. The maximum absolute atomic E-state index is 11.6. The van der Waals surface area contributed by atoms with Crippen LogP contribution in [0.3, 0.4) is 0 Å². The molecule has 0 spiro atoms. The maximum Gasteiger partial charge on any atom is 0.223 e. The normalized spacial score (nSPS) is 19.0. The van der Waals surface area contributed by atoms with Gasteiger partial charge in [0, 0.05) is 17.5 Å². The molecule has 3 rings (SSSR count). The van der Waals surface area contributed by atoms with Crippen LogP contribution in [0.4, 0.5) is 0 Å². The van der Waals surface area contributed by atoms with Gasteiger partial charge in [-0.1, -0.05) is 24.1 Å². The first-order valence-corrected chi connectivity index (χ1v) is 8.83. The number of carbonyl (C=O) groups is 1. The van der Waals surface area contributed by atoms with Gasteiger partial charge < -0.3 is 10.1 Å². The highest BCUT2D eigenvalue weighted by Gasteiger charge is 2.29. The van der Waals surface area contributed by atoms with Crippen molar-refractivity contribution in [3.8, 4) is 5.75 Å². The summed E-state index contributed by atoms with van der Waals surface area (Å²) in [5, 5.41) is 3.70. The Kier molecular flexibility index (Phi) is 5.24. The van der Waals surface area contributed by atoms with Gasteiger partial charge in [-0.2, -0.15) is 0 Å². The fourth-order valence-corrected chi connectivity index (χ4v) is 3.25. The Labute approximate surface area is 137 Å². The number of nitrogens with one attached hydrogen (secondary N) is 1. The standard InChI is InChI=1S/C18H24ClNO2/c19-17-12-16(22-15-4-2-1-3-5-15)9-8-13(17)10-11-20-18(21)14-6-7-14/h8-9,12,14-15H,1-7,10-11H2,(H,20,21). The Morgan fingerprint density at radius 2 is 1.95 bits per heavy atom. The van der Waals surface area contributed by atoms with E-state index >= 15 is 0 Å². The number of halogens is 1. The van der Waals surface area contributed by atoms with E-state index < -0.39 is 0 Å². The molecule has 0 bridgehead atoms. The molecule has 0 aromatic heterocycles. The van der Waals surface area contributed by atoms with Crippen LogP contribution in [0.25, 0.3) is 0 Å². The van der Waals surface area contributed by atoms with Gasteiger partial charge in [0.15, 0.2) is 0 Å². The van der Waals surface area contributed by atoms with Gasteiger partial charge in [-0.25, -0.2) is 0 Å². The smallest absolute Gasteiger partial charge is 0.223 e. The van der Waals surface area contributed by atoms with E-state index in [1.807, 2.05) is 18.2 Å². The molecule has 1 aromatic rings. The third-order valence-electron chi connectivity index (χ3n) is 4.52. The van der Waals surface area contributed by atoms with Gasteiger partial charge in [0.25, 0.3) is 0 Å². The minimum atomic E-state index is 0.188. The van der Waals surface area contributed by atoms with Crippen LogP contribution >= 0.6 is 11.6 Å². The van der Waals surface area contributed by atoms with Crippen molar-refractivity contribution >= 4 is 17.5 Å². The number of carbonyl (C=O) groups excluding carboxylic acids is 1. The average Bonchev–Trinajstić information content (AvgIpc) is 3.35. The summed E-state index contributed by atoms with van der Waals surface area (Å²) in [5.41, 5.74) is 1.06. The first kappa shape index (κ1) is 15.7. The number of hydrogen-bond acceptors (Lipinski definition) is 2. The van der Waals surface area contributed by atoms with Gasteiger partial charge in [-0.3, -0.25) is 4.79 Å². The topological polar surface area (TPSA) is 38.3 Å². The molecule has 0 heterocycles. The third-order valence-corrected chi connectivity index (χ3v) is 4.87. The summed E-state index contributed by atoms with van der Waals surface area (Å²) in [7, 11) is 0. The molecule has 0 saturated heterocycles. The van der Waals surface area contributed by atoms with Crippen molar-refractivity contribution in [2.45, 2.75) is 57.5 Å². The van der Waals surface area contributed by atoms with Crippen LogP contribution in [0.15, 0.2) is 18.2 Å². The molecule has 2 aliphatic rings. The van der Waals surface area contributed by atoms with Crippen molar-refractivity contribution in [3.63, 3.8) is 0 Å². The van der Waals surface area contributed by atoms with Crippen molar-refractivity contribution in [2.75, 3.05) is 6.54 Å². The lowest BCUT2D eigenvalue weighted by molar-refractivity contribution is -0.122. The van der Waals surface area contributed by atoms with Gasteiger partial charge >= 0.3 is 0 Å². The van der Waals surface area contributed by atoms with E-state index in [-0.39, 0.29) is 11.8 Å². The molecule has 22 heavy (non-hydrogen) atoms. The number of ether oxygens (including phenoxy) is 1. The SMILES string of the molecule is O=C(NCCc1ccc(OC2CCCCC2)cc1Cl)C1CC1. The molecular formula is C18H24ClNO2. The second kappa shape index (κ2) is 7.36. The van der Waals surface area contributed by atoms with Crippen molar-refractivity contribution in [1.82, 2.24) is 5.32 Å². The van der Waals surface area contributed by atoms with E-state index in [4.69, 9.17) is 16.3 Å². The van der Waals surface area contributed by atoms with Crippen molar-refractivity contribution in [1.29, 1.82) is 0 Å². The Bertz CT molecular complexity index is 522. The molecule has 3 nitrogen and oxygen atoms in total. The van der Waals surface area contributed by atoms with Crippen molar-refractivity contribution in [3.05, 3.63) is 28.8 Å². The minimum absolute atomic E-state index is 0.188. The van der Waals surface area contributed by atoms with Gasteiger partial charge in [0.2, 0.25) is 5.91 Å². The predicted molar refractivity (Wildman–Crippen MR) is 88.4 cm³/mol. The summed E-state index contributed by atoms with van der Waals surface area (Å²) in [5.74, 6) is 1.32. The number of hydrogen-bond donors (Lipinski definition) is 1. The molecule has 0 unspecified atom stereocenters. The quantitative estimate of drug-likeness (QED) is 0.856. The summed E-state index contributed by atoms with van der Waals surface area (Å²) < 4.78 is 6.02. The van der Waals surface area contributed by atoms with E-state index in [2.05, 4.69) is 5.32 Å². The summed E-state index contributed by atoms with van der Waals surface area (Å²) in [6.45, 7) is 0.651. The molecule has 2 saturated carbocycles. The molecule has 4 heteroatoms. The fraction of sp³-hybridized carbons (Fsp3) is 0.611. The molecule has 0 radical (unpaired) electrons. The highest BCUT2D eigenvalue weighted by atomic mass is 35.5. The summed E-state index contributed by atoms with van der Waals surface area (Å²) >= 11 is 6.34. The molecule has 1 amide bonds. The highest BCUT2D eigenvalue weighted by molar-refractivity contribution is 6.31. The van der Waals surface area contributed by atoms with Gasteiger partial charge in [-0.15, -0.1) is 0 Å². The average molecular weight is 322 g/mol. The maximum atomic E-state index is 11.6. The first-order chi connectivity index (χ1) is 10.7. The van der Waals surface area contributed by atoms with Crippen LogP contribution in [0.1, 0.15) is 50.5 Å². The molecule has 2 aliphatic carbocycles. The van der Waals surface area contributed by atoms with E-state index in [0.717, 1.165) is 48.4 Å². The molecule has 0 aliphatic heterocycles.